The van der Waals surface area contributed by atoms with Crippen LogP contribution in [0.15, 0.2) is 43.4 Å². The largest absolute Gasteiger partial charge is 0.495 e. The Kier molecular flexibility index (Phi) is 7.39. The first-order chi connectivity index (χ1) is 17.3. The van der Waals surface area contributed by atoms with Crippen LogP contribution in [0.3, 0.4) is 0 Å². The first-order valence-electron chi connectivity index (χ1n) is 11.3. The smallest absolute Gasteiger partial charge is 0.254 e. The molecular weight excluding hydrogens is 484 g/mol. The SMILES string of the molecule is C=CC(=O)N1CCC[C@@H](n2cc(Nc3ncc(C(N)=O)c(Nc4c(C)cc(Cl)cc4OC)n3)cn2)C1. The van der Waals surface area contributed by atoms with Gasteiger partial charge >= 0.3 is 0 Å². The molecule has 3 aromatic rings. The molecule has 4 rings (SSSR count). The van der Waals surface area contributed by atoms with Gasteiger partial charge < -0.3 is 26.0 Å². The molecule has 1 aliphatic rings. The van der Waals surface area contributed by atoms with Crippen LogP contribution in [0.5, 0.6) is 5.75 Å². The van der Waals surface area contributed by atoms with E-state index in [0.717, 1.165) is 18.4 Å². The third-order valence-electron chi connectivity index (χ3n) is 5.90. The molecular formula is C24H27ClN8O3. The number of anilines is 4. The number of nitrogens with zero attached hydrogens (tertiary/aromatic N) is 5. The fraction of sp³-hybridized carbons (Fsp3) is 0.292. The summed E-state index contributed by atoms with van der Waals surface area (Å²) >= 11 is 6.14. The molecule has 188 valence electrons. The standard InChI is InChI=1S/C24H27ClN8O3/c1-4-20(34)32-7-5-6-17(13-32)33-12-16(10-28-33)29-24-27-11-18(22(26)35)23(31-24)30-21-14(2)8-15(25)9-19(21)36-3/h4,8-12,17H,1,5-7,13H2,2-3H3,(H2,26,35)(H2,27,29,30,31)/t17-/m1/s1. The highest BCUT2D eigenvalue weighted by Gasteiger charge is 2.24. The predicted molar refractivity (Wildman–Crippen MR) is 137 cm³/mol. The molecule has 11 nitrogen and oxygen atoms in total. The van der Waals surface area contributed by atoms with Gasteiger partial charge in [0.15, 0.2) is 0 Å². The van der Waals surface area contributed by atoms with Gasteiger partial charge in [-0.1, -0.05) is 18.2 Å². The van der Waals surface area contributed by atoms with Crippen LogP contribution in [-0.2, 0) is 4.79 Å². The zero-order valence-corrected chi connectivity index (χ0v) is 20.7. The van der Waals surface area contributed by atoms with Crippen molar-refractivity contribution in [3.8, 4) is 5.75 Å². The topological polar surface area (TPSA) is 140 Å². The molecule has 0 bridgehead atoms. The molecule has 1 atom stereocenters. The first-order valence-corrected chi connectivity index (χ1v) is 11.7. The fourth-order valence-corrected chi connectivity index (χ4v) is 4.36. The third kappa shape index (κ3) is 5.41. The van der Waals surface area contributed by atoms with E-state index in [1.165, 1.54) is 19.4 Å². The van der Waals surface area contributed by atoms with E-state index in [1.54, 1.807) is 23.2 Å². The van der Waals surface area contributed by atoms with E-state index >= 15 is 0 Å². The van der Waals surface area contributed by atoms with Crippen molar-refractivity contribution in [2.75, 3.05) is 30.8 Å². The molecule has 1 aromatic carbocycles. The lowest BCUT2D eigenvalue weighted by atomic mass is 10.1. The molecule has 0 spiro atoms. The maximum Gasteiger partial charge on any atom is 0.254 e. The van der Waals surface area contributed by atoms with Crippen LogP contribution >= 0.6 is 11.6 Å². The maximum atomic E-state index is 12.0. The molecule has 1 fully saturated rings. The predicted octanol–water partition coefficient (Wildman–Crippen LogP) is 3.58. The average Bonchev–Trinajstić information content (AvgIpc) is 3.33. The highest BCUT2D eigenvalue weighted by Crippen LogP contribution is 2.35. The highest BCUT2D eigenvalue weighted by molar-refractivity contribution is 6.31. The summed E-state index contributed by atoms with van der Waals surface area (Å²) in [6.45, 7) is 6.69. The summed E-state index contributed by atoms with van der Waals surface area (Å²) < 4.78 is 7.26. The number of aromatic nitrogens is 4. The van der Waals surface area contributed by atoms with Gasteiger partial charge in [0, 0.05) is 36.6 Å². The van der Waals surface area contributed by atoms with Crippen molar-refractivity contribution in [1.29, 1.82) is 0 Å². The number of nitrogens with one attached hydrogen (secondary N) is 2. The van der Waals surface area contributed by atoms with Crippen LogP contribution in [0.1, 0.15) is 34.8 Å². The second-order valence-corrected chi connectivity index (χ2v) is 8.80. The Morgan fingerprint density at radius 3 is 2.83 bits per heavy atom. The van der Waals surface area contributed by atoms with Crippen molar-refractivity contribution in [1.82, 2.24) is 24.6 Å². The van der Waals surface area contributed by atoms with Crippen LogP contribution in [0.25, 0.3) is 0 Å². The minimum atomic E-state index is -0.682. The summed E-state index contributed by atoms with van der Waals surface area (Å²) in [7, 11) is 1.52. The summed E-state index contributed by atoms with van der Waals surface area (Å²) in [6, 6.07) is 3.47. The number of amides is 2. The van der Waals surface area contributed by atoms with Crippen LogP contribution in [0, 0.1) is 6.92 Å². The van der Waals surface area contributed by atoms with Crippen molar-refractivity contribution >= 4 is 46.6 Å². The number of hydrogen-bond donors (Lipinski definition) is 3. The fourth-order valence-electron chi connectivity index (χ4n) is 4.10. The Balaban J connectivity index is 1.56. The van der Waals surface area contributed by atoms with Crippen molar-refractivity contribution in [2.45, 2.75) is 25.8 Å². The number of carbonyl (C=O) groups excluding carboxylic acids is 2. The lowest BCUT2D eigenvalue weighted by molar-refractivity contribution is -0.127. The van der Waals surface area contributed by atoms with Gasteiger partial charge in [-0.25, -0.2) is 4.98 Å². The summed E-state index contributed by atoms with van der Waals surface area (Å²) in [6.07, 6.45) is 7.95. The molecule has 1 aliphatic heterocycles. The second-order valence-electron chi connectivity index (χ2n) is 8.36. The molecule has 2 amide bonds. The van der Waals surface area contributed by atoms with Crippen LogP contribution in [0.2, 0.25) is 5.02 Å². The molecule has 2 aromatic heterocycles. The van der Waals surface area contributed by atoms with Gasteiger partial charge in [0.1, 0.15) is 17.1 Å². The van der Waals surface area contributed by atoms with Gasteiger partial charge in [-0.3, -0.25) is 14.3 Å². The number of aryl methyl sites for hydroxylation is 1. The number of methoxy groups -OCH3 is 1. The molecule has 4 N–H and O–H groups in total. The normalized spacial score (nSPS) is 15.3. The van der Waals surface area contributed by atoms with E-state index in [9.17, 15) is 9.59 Å². The maximum absolute atomic E-state index is 12.0. The summed E-state index contributed by atoms with van der Waals surface area (Å²) in [5, 5.41) is 11.2. The summed E-state index contributed by atoms with van der Waals surface area (Å²) in [5.74, 6) is 0.169. The second kappa shape index (κ2) is 10.6. The van der Waals surface area contributed by atoms with Gasteiger partial charge in [-0.05, 0) is 37.5 Å². The quantitative estimate of drug-likeness (QED) is 0.390. The van der Waals surface area contributed by atoms with Gasteiger partial charge in [0.2, 0.25) is 11.9 Å². The van der Waals surface area contributed by atoms with E-state index in [1.807, 2.05) is 17.8 Å². The number of piperidine rings is 1. The summed E-state index contributed by atoms with van der Waals surface area (Å²) in [5.41, 5.74) is 7.71. The first kappa shape index (κ1) is 25.0. The molecule has 12 heteroatoms. The molecule has 36 heavy (non-hydrogen) atoms. The Morgan fingerprint density at radius 1 is 1.31 bits per heavy atom. The van der Waals surface area contributed by atoms with Crippen molar-refractivity contribution < 1.29 is 14.3 Å². The number of hydrogen-bond acceptors (Lipinski definition) is 8. The number of benzene rings is 1. The van der Waals surface area contributed by atoms with Crippen LogP contribution in [-0.4, -0.2) is 56.7 Å². The van der Waals surface area contributed by atoms with Crippen molar-refractivity contribution in [3.63, 3.8) is 0 Å². The number of halogens is 1. The van der Waals surface area contributed by atoms with E-state index in [4.69, 9.17) is 22.1 Å². The Morgan fingerprint density at radius 2 is 2.11 bits per heavy atom. The molecule has 0 radical (unpaired) electrons. The molecule has 0 saturated carbocycles. The van der Waals surface area contributed by atoms with Gasteiger partial charge in [-0.15, -0.1) is 0 Å². The zero-order valence-electron chi connectivity index (χ0n) is 20.0. The molecule has 0 aliphatic carbocycles. The number of ether oxygens (including phenoxy) is 1. The number of nitrogens with two attached hydrogens (primary N) is 1. The highest BCUT2D eigenvalue weighted by atomic mass is 35.5. The number of likely N-dealkylation sites (tertiary alicyclic amines) is 1. The zero-order chi connectivity index (χ0) is 25.8. The monoisotopic (exact) mass is 510 g/mol. The minimum absolute atomic E-state index is 0.0499. The van der Waals surface area contributed by atoms with E-state index in [0.29, 0.717) is 35.2 Å². The average molecular weight is 511 g/mol. The number of carbonyl (C=O) groups is 2. The molecule has 1 saturated heterocycles. The van der Waals surface area contributed by atoms with E-state index in [-0.39, 0.29) is 29.3 Å². The third-order valence-corrected chi connectivity index (χ3v) is 6.11. The van der Waals surface area contributed by atoms with Gasteiger partial charge in [0.25, 0.3) is 5.91 Å². The van der Waals surface area contributed by atoms with Gasteiger partial charge in [0.05, 0.1) is 30.7 Å². The molecule has 0 unspecified atom stereocenters. The van der Waals surface area contributed by atoms with E-state index < -0.39 is 5.91 Å². The Labute approximate surface area is 213 Å². The van der Waals surface area contributed by atoms with Crippen LogP contribution in [0.4, 0.5) is 23.1 Å². The lowest BCUT2D eigenvalue weighted by Gasteiger charge is -2.32. The van der Waals surface area contributed by atoms with E-state index in [2.05, 4.69) is 32.3 Å². The van der Waals surface area contributed by atoms with Gasteiger partial charge in [-0.2, -0.15) is 10.1 Å². The number of primary amides is 1. The lowest BCUT2D eigenvalue weighted by Crippen LogP contribution is -2.39. The summed E-state index contributed by atoms with van der Waals surface area (Å²) in [4.78, 5) is 34.5. The van der Waals surface area contributed by atoms with Crippen molar-refractivity contribution in [2.24, 2.45) is 5.73 Å². The number of rotatable bonds is 8. The minimum Gasteiger partial charge on any atom is -0.495 e. The Bertz CT molecular complexity index is 1310. The Hall–Kier alpha value is -4.12. The van der Waals surface area contributed by atoms with Crippen LogP contribution < -0.4 is 21.1 Å². The van der Waals surface area contributed by atoms with Crippen molar-refractivity contribution in [3.05, 3.63) is 59.5 Å². The molecule has 3 heterocycles.